The lowest BCUT2D eigenvalue weighted by Crippen LogP contribution is -2.35. The molecular weight excluding hydrogens is 310 g/mol. The molecule has 0 unspecified atom stereocenters. The molecule has 1 aliphatic carbocycles. The number of nitrogens with zero attached hydrogens (tertiary/aromatic N) is 1. The molecule has 112 valence electrons. The summed E-state index contributed by atoms with van der Waals surface area (Å²) < 4.78 is 27.2. The van der Waals surface area contributed by atoms with Crippen LogP contribution >= 0.6 is 11.6 Å². The first-order valence-corrected chi connectivity index (χ1v) is 8.67. The molecule has 0 spiro atoms. The number of aliphatic hydroxyl groups is 1. The zero-order chi connectivity index (χ0) is 15.0. The summed E-state index contributed by atoms with van der Waals surface area (Å²) in [5.74, 6) is 0. The molecule has 0 heterocycles. The van der Waals surface area contributed by atoms with E-state index in [0.717, 1.165) is 18.2 Å². The molecule has 2 aromatic rings. The van der Waals surface area contributed by atoms with Crippen molar-refractivity contribution in [3.63, 3.8) is 0 Å². The van der Waals surface area contributed by atoms with E-state index in [4.69, 9.17) is 16.7 Å². The SMILES string of the molecule is O=S(=O)(c1ccc(Cl)c2ccccc12)N(CCO)C1CC1. The van der Waals surface area contributed by atoms with Crippen molar-refractivity contribution in [3.8, 4) is 0 Å². The molecule has 4 nitrogen and oxygen atoms in total. The van der Waals surface area contributed by atoms with Gasteiger partial charge >= 0.3 is 0 Å². The van der Waals surface area contributed by atoms with Gasteiger partial charge in [-0.3, -0.25) is 0 Å². The normalized spacial score (nSPS) is 15.8. The fourth-order valence-corrected chi connectivity index (χ4v) is 4.65. The molecule has 0 aromatic heterocycles. The van der Waals surface area contributed by atoms with Crippen molar-refractivity contribution in [1.29, 1.82) is 0 Å². The van der Waals surface area contributed by atoms with Crippen molar-refractivity contribution >= 4 is 32.4 Å². The van der Waals surface area contributed by atoms with Crippen molar-refractivity contribution in [2.75, 3.05) is 13.2 Å². The minimum absolute atomic E-state index is 0.0107. The van der Waals surface area contributed by atoms with Crippen LogP contribution < -0.4 is 0 Å². The molecule has 0 radical (unpaired) electrons. The number of fused-ring (bicyclic) bond motifs is 1. The van der Waals surface area contributed by atoms with Crippen LogP contribution in [0.1, 0.15) is 12.8 Å². The average Bonchev–Trinajstić information content (AvgIpc) is 3.29. The second-order valence-corrected chi connectivity index (χ2v) is 7.43. The van der Waals surface area contributed by atoms with E-state index < -0.39 is 10.0 Å². The second-order valence-electron chi connectivity index (χ2n) is 5.16. The van der Waals surface area contributed by atoms with Gasteiger partial charge in [-0.25, -0.2) is 8.42 Å². The van der Waals surface area contributed by atoms with Gasteiger partial charge in [-0.1, -0.05) is 35.9 Å². The van der Waals surface area contributed by atoms with E-state index in [2.05, 4.69) is 0 Å². The van der Waals surface area contributed by atoms with Gasteiger partial charge in [0.2, 0.25) is 10.0 Å². The fraction of sp³-hybridized carbons (Fsp3) is 0.333. The Labute approximate surface area is 129 Å². The van der Waals surface area contributed by atoms with E-state index in [1.807, 2.05) is 12.1 Å². The molecule has 3 rings (SSSR count). The van der Waals surface area contributed by atoms with Gasteiger partial charge < -0.3 is 5.11 Å². The summed E-state index contributed by atoms with van der Waals surface area (Å²) in [5.41, 5.74) is 0. The molecule has 21 heavy (non-hydrogen) atoms. The average molecular weight is 326 g/mol. The van der Waals surface area contributed by atoms with Crippen LogP contribution in [0, 0.1) is 0 Å². The van der Waals surface area contributed by atoms with Gasteiger partial charge in [-0.15, -0.1) is 0 Å². The first-order valence-electron chi connectivity index (χ1n) is 6.85. The topological polar surface area (TPSA) is 57.6 Å². The third-order valence-corrected chi connectivity index (χ3v) is 6.03. The number of sulfonamides is 1. The summed E-state index contributed by atoms with van der Waals surface area (Å²) >= 11 is 6.15. The number of rotatable bonds is 5. The fourth-order valence-electron chi connectivity index (χ4n) is 2.55. The van der Waals surface area contributed by atoms with Gasteiger partial charge in [0.05, 0.1) is 11.5 Å². The Morgan fingerprint density at radius 3 is 2.43 bits per heavy atom. The lowest BCUT2D eigenvalue weighted by molar-refractivity contribution is 0.250. The highest BCUT2D eigenvalue weighted by molar-refractivity contribution is 7.89. The zero-order valence-corrected chi connectivity index (χ0v) is 12.9. The number of hydrogen-bond acceptors (Lipinski definition) is 3. The Morgan fingerprint density at radius 1 is 1.14 bits per heavy atom. The molecule has 1 N–H and O–H groups in total. The van der Waals surface area contributed by atoms with Crippen molar-refractivity contribution in [2.45, 2.75) is 23.8 Å². The van der Waals surface area contributed by atoms with E-state index in [9.17, 15) is 8.42 Å². The van der Waals surface area contributed by atoms with Crippen molar-refractivity contribution < 1.29 is 13.5 Å². The third-order valence-electron chi connectivity index (χ3n) is 3.69. The second kappa shape index (κ2) is 5.57. The van der Waals surface area contributed by atoms with Crippen LogP contribution in [0.4, 0.5) is 0 Å². The number of benzene rings is 2. The minimum atomic E-state index is -3.63. The molecule has 1 saturated carbocycles. The van der Waals surface area contributed by atoms with E-state index in [-0.39, 0.29) is 24.1 Å². The highest BCUT2D eigenvalue weighted by Crippen LogP contribution is 2.35. The molecule has 6 heteroatoms. The summed E-state index contributed by atoms with van der Waals surface area (Å²) in [4.78, 5) is 0.253. The highest BCUT2D eigenvalue weighted by Gasteiger charge is 2.38. The minimum Gasteiger partial charge on any atom is -0.395 e. The maximum atomic E-state index is 12.9. The molecule has 1 fully saturated rings. The Kier molecular flexibility index (Phi) is 3.92. The van der Waals surface area contributed by atoms with Gasteiger partial charge in [-0.05, 0) is 25.0 Å². The molecular formula is C15H16ClNO3S. The van der Waals surface area contributed by atoms with Crippen LogP contribution in [0.25, 0.3) is 10.8 Å². The van der Waals surface area contributed by atoms with Gasteiger partial charge in [-0.2, -0.15) is 4.31 Å². The first kappa shape index (κ1) is 14.8. The number of hydrogen-bond donors (Lipinski definition) is 1. The van der Waals surface area contributed by atoms with Crippen molar-refractivity contribution in [3.05, 3.63) is 41.4 Å². The highest BCUT2D eigenvalue weighted by atomic mass is 35.5. The molecule has 2 aromatic carbocycles. The van der Waals surface area contributed by atoms with E-state index in [0.29, 0.717) is 10.4 Å². The van der Waals surface area contributed by atoms with Crippen molar-refractivity contribution in [1.82, 2.24) is 4.31 Å². The smallest absolute Gasteiger partial charge is 0.244 e. The molecule has 0 aliphatic heterocycles. The van der Waals surface area contributed by atoms with Gasteiger partial charge in [0.1, 0.15) is 0 Å². The van der Waals surface area contributed by atoms with Crippen LogP contribution in [0.2, 0.25) is 5.02 Å². The molecule has 0 atom stereocenters. The Bertz CT molecular complexity index is 772. The molecule has 0 bridgehead atoms. The predicted octanol–water partition coefficient (Wildman–Crippen LogP) is 2.64. The maximum absolute atomic E-state index is 12.9. The lowest BCUT2D eigenvalue weighted by Gasteiger charge is -2.22. The van der Waals surface area contributed by atoms with Crippen LogP contribution in [-0.2, 0) is 10.0 Å². The Hall–Kier alpha value is -1.14. The largest absolute Gasteiger partial charge is 0.395 e. The number of halogens is 1. The molecule has 1 aliphatic rings. The number of aliphatic hydroxyl groups excluding tert-OH is 1. The summed E-state index contributed by atoms with van der Waals surface area (Å²) in [7, 11) is -3.63. The summed E-state index contributed by atoms with van der Waals surface area (Å²) in [6.07, 6.45) is 1.70. The standard InChI is InChI=1S/C15H16ClNO3S/c16-14-7-8-15(13-4-2-1-3-12(13)14)21(19,20)17(9-10-18)11-5-6-11/h1-4,7-8,11,18H,5-6,9-10H2. The van der Waals surface area contributed by atoms with E-state index in [1.165, 1.54) is 4.31 Å². The van der Waals surface area contributed by atoms with Gasteiger partial charge in [0.15, 0.2) is 0 Å². The van der Waals surface area contributed by atoms with Gasteiger partial charge in [0, 0.05) is 28.4 Å². The Balaban J connectivity index is 2.17. The van der Waals surface area contributed by atoms with Crippen LogP contribution in [-0.4, -0.2) is 37.0 Å². The summed E-state index contributed by atoms with van der Waals surface area (Å²) in [6, 6.07) is 10.4. The quantitative estimate of drug-likeness (QED) is 0.919. The van der Waals surface area contributed by atoms with E-state index >= 15 is 0 Å². The molecule has 0 amide bonds. The third kappa shape index (κ3) is 2.66. The molecule has 0 saturated heterocycles. The monoisotopic (exact) mass is 325 g/mol. The summed E-state index contributed by atoms with van der Waals surface area (Å²) in [5, 5.41) is 11.0. The van der Waals surface area contributed by atoms with E-state index in [1.54, 1.807) is 24.3 Å². The van der Waals surface area contributed by atoms with Crippen LogP contribution in [0.15, 0.2) is 41.3 Å². The maximum Gasteiger partial charge on any atom is 0.244 e. The van der Waals surface area contributed by atoms with Crippen molar-refractivity contribution in [2.24, 2.45) is 0 Å². The lowest BCUT2D eigenvalue weighted by atomic mass is 10.1. The predicted molar refractivity (Wildman–Crippen MR) is 83.0 cm³/mol. The zero-order valence-electron chi connectivity index (χ0n) is 11.4. The van der Waals surface area contributed by atoms with Crippen LogP contribution in [0.3, 0.4) is 0 Å². The summed E-state index contributed by atoms with van der Waals surface area (Å²) in [6.45, 7) is -0.0504. The Morgan fingerprint density at radius 2 is 1.81 bits per heavy atom. The first-order chi connectivity index (χ1) is 10.1. The van der Waals surface area contributed by atoms with Gasteiger partial charge in [0.25, 0.3) is 0 Å². The van der Waals surface area contributed by atoms with Crippen LogP contribution in [0.5, 0.6) is 0 Å².